The van der Waals surface area contributed by atoms with Gasteiger partial charge < -0.3 is 9.84 Å². The molecule has 0 aromatic heterocycles. The third kappa shape index (κ3) is 1.83. The maximum Gasteiger partial charge on any atom is 0.161 e. The number of hydrogen-bond acceptors (Lipinski definition) is 2. The number of hydrogen-bond donors (Lipinski definition) is 1. The molecule has 1 aromatic rings. The summed E-state index contributed by atoms with van der Waals surface area (Å²) in [6.07, 6.45) is 0. The Balaban J connectivity index is 3.22. The molecule has 66 valence electrons. The van der Waals surface area contributed by atoms with Gasteiger partial charge in [-0.15, -0.1) is 0 Å². The molecule has 0 saturated carbocycles. The van der Waals surface area contributed by atoms with Crippen molar-refractivity contribution in [1.82, 2.24) is 0 Å². The first-order valence-corrected chi connectivity index (χ1v) is 5.14. The van der Waals surface area contributed by atoms with Crippen LogP contribution in [0.15, 0.2) is 12.1 Å². The van der Waals surface area contributed by atoms with Crippen molar-refractivity contribution in [1.29, 1.82) is 0 Å². The topological polar surface area (TPSA) is 29.5 Å². The molecule has 0 fully saturated rings. The Labute approximate surface area is 85.7 Å². The van der Waals surface area contributed by atoms with Crippen LogP contribution in [0.25, 0.3) is 0 Å². The highest BCUT2D eigenvalue weighted by molar-refractivity contribution is 14.1. The van der Waals surface area contributed by atoms with Crippen LogP contribution in [0.2, 0.25) is 0 Å². The number of benzene rings is 1. The van der Waals surface area contributed by atoms with Crippen LogP contribution in [0.4, 0.5) is 0 Å². The van der Waals surface area contributed by atoms with Crippen molar-refractivity contribution in [3.8, 4) is 11.5 Å². The molecule has 0 spiro atoms. The number of ether oxygens (including phenoxy) is 1. The van der Waals surface area contributed by atoms with Crippen molar-refractivity contribution in [2.75, 3.05) is 7.11 Å². The highest BCUT2D eigenvalue weighted by Gasteiger charge is 2.06. The van der Waals surface area contributed by atoms with Crippen LogP contribution < -0.4 is 4.74 Å². The molecular weight excluding hydrogens is 267 g/mol. The Morgan fingerprint density at radius 1 is 1.50 bits per heavy atom. The van der Waals surface area contributed by atoms with E-state index in [0.29, 0.717) is 5.75 Å². The fraction of sp³-hybridized carbons (Fsp3) is 0.333. The Kier molecular flexibility index (Phi) is 3.20. The Bertz CT molecular complexity index is 259. The monoisotopic (exact) mass is 278 g/mol. The Morgan fingerprint density at radius 3 is 2.67 bits per heavy atom. The van der Waals surface area contributed by atoms with Gasteiger partial charge in [-0.2, -0.15) is 0 Å². The van der Waals surface area contributed by atoms with Gasteiger partial charge in [0.2, 0.25) is 0 Å². The van der Waals surface area contributed by atoms with E-state index in [9.17, 15) is 5.11 Å². The molecule has 1 rings (SSSR count). The van der Waals surface area contributed by atoms with E-state index in [-0.39, 0.29) is 5.75 Å². The number of aryl methyl sites for hydroxylation is 1. The first-order valence-electron chi connectivity index (χ1n) is 3.61. The van der Waals surface area contributed by atoms with E-state index in [1.165, 1.54) is 0 Å². The molecule has 0 saturated heterocycles. The third-order valence-corrected chi connectivity index (χ3v) is 2.48. The molecule has 12 heavy (non-hydrogen) atoms. The molecule has 0 atom stereocenters. The van der Waals surface area contributed by atoms with Gasteiger partial charge in [0, 0.05) is 9.99 Å². The summed E-state index contributed by atoms with van der Waals surface area (Å²) in [6, 6.07) is 3.79. The molecule has 0 aliphatic carbocycles. The van der Waals surface area contributed by atoms with Crippen molar-refractivity contribution in [2.45, 2.75) is 11.4 Å². The van der Waals surface area contributed by atoms with Gasteiger partial charge >= 0.3 is 0 Å². The normalized spacial score (nSPS) is 9.92. The molecular formula is C9H11IO2. The first kappa shape index (κ1) is 9.64. The van der Waals surface area contributed by atoms with Gasteiger partial charge in [-0.05, 0) is 18.6 Å². The lowest BCUT2D eigenvalue weighted by atomic mass is 10.1. The van der Waals surface area contributed by atoms with E-state index in [1.807, 2.05) is 19.1 Å². The van der Waals surface area contributed by atoms with E-state index in [2.05, 4.69) is 22.6 Å². The lowest BCUT2D eigenvalue weighted by molar-refractivity contribution is 0.371. The van der Waals surface area contributed by atoms with Gasteiger partial charge in [-0.3, -0.25) is 0 Å². The Morgan fingerprint density at radius 2 is 2.17 bits per heavy atom. The average molecular weight is 278 g/mol. The lowest BCUT2D eigenvalue weighted by Gasteiger charge is -2.07. The predicted octanol–water partition coefficient (Wildman–Crippen LogP) is 2.64. The standard InChI is InChI=1S/C9H11IO2/c1-6-3-7(5-10)9(11)8(4-6)12-2/h3-4,11H,5H2,1-2H3. The average Bonchev–Trinajstić information content (AvgIpc) is 2.08. The van der Waals surface area contributed by atoms with Gasteiger partial charge in [0.15, 0.2) is 11.5 Å². The SMILES string of the molecule is COc1cc(C)cc(CI)c1O. The molecule has 0 heterocycles. The molecule has 0 aliphatic heterocycles. The predicted molar refractivity (Wildman–Crippen MR) is 57.1 cm³/mol. The minimum absolute atomic E-state index is 0.262. The van der Waals surface area contributed by atoms with Crippen LogP contribution >= 0.6 is 22.6 Å². The van der Waals surface area contributed by atoms with Crippen molar-refractivity contribution >= 4 is 22.6 Å². The van der Waals surface area contributed by atoms with Crippen LogP contribution in [-0.2, 0) is 4.43 Å². The maximum absolute atomic E-state index is 9.58. The van der Waals surface area contributed by atoms with Gasteiger partial charge in [-0.25, -0.2) is 0 Å². The van der Waals surface area contributed by atoms with E-state index in [1.54, 1.807) is 7.11 Å². The van der Waals surface area contributed by atoms with Crippen molar-refractivity contribution in [3.05, 3.63) is 23.3 Å². The number of alkyl halides is 1. The fourth-order valence-corrected chi connectivity index (χ4v) is 1.66. The minimum Gasteiger partial charge on any atom is -0.504 e. The number of phenolic OH excluding ortho intramolecular Hbond substituents is 1. The molecule has 0 amide bonds. The van der Waals surface area contributed by atoms with Crippen LogP contribution in [0.1, 0.15) is 11.1 Å². The number of aromatic hydroxyl groups is 1. The van der Waals surface area contributed by atoms with Crippen LogP contribution in [0.5, 0.6) is 11.5 Å². The zero-order valence-electron chi connectivity index (χ0n) is 7.10. The zero-order valence-corrected chi connectivity index (χ0v) is 9.25. The second-order valence-corrected chi connectivity index (χ2v) is 3.37. The highest BCUT2D eigenvalue weighted by Crippen LogP contribution is 2.32. The Hall–Kier alpha value is -0.450. The summed E-state index contributed by atoms with van der Waals surface area (Å²) in [6.45, 7) is 1.98. The van der Waals surface area contributed by atoms with Crippen LogP contribution in [-0.4, -0.2) is 12.2 Å². The van der Waals surface area contributed by atoms with Gasteiger partial charge in [0.1, 0.15) is 0 Å². The summed E-state index contributed by atoms with van der Waals surface area (Å²) in [7, 11) is 1.56. The minimum atomic E-state index is 0.262. The summed E-state index contributed by atoms with van der Waals surface area (Å²) in [5.41, 5.74) is 2.03. The summed E-state index contributed by atoms with van der Waals surface area (Å²) in [4.78, 5) is 0. The smallest absolute Gasteiger partial charge is 0.161 e. The van der Waals surface area contributed by atoms with Gasteiger partial charge in [0.25, 0.3) is 0 Å². The lowest BCUT2D eigenvalue weighted by Crippen LogP contribution is -1.88. The second-order valence-electron chi connectivity index (χ2n) is 2.61. The van der Waals surface area contributed by atoms with E-state index < -0.39 is 0 Å². The van der Waals surface area contributed by atoms with Gasteiger partial charge in [0.05, 0.1) is 7.11 Å². The molecule has 1 N–H and O–H groups in total. The number of phenols is 1. The van der Waals surface area contributed by atoms with Gasteiger partial charge in [-0.1, -0.05) is 28.7 Å². The van der Waals surface area contributed by atoms with Crippen LogP contribution in [0, 0.1) is 6.92 Å². The molecule has 0 radical (unpaired) electrons. The maximum atomic E-state index is 9.58. The third-order valence-electron chi connectivity index (χ3n) is 1.66. The zero-order chi connectivity index (χ0) is 9.14. The van der Waals surface area contributed by atoms with E-state index in [0.717, 1.165) is 15.6 Å². The summed E-state index contributed by atoms with van der Waals surface area (Å²) >= 11 is 2.21. The van der Waals surface area contributed by atoms with Crippen molar-refractivity contribution in [3.63, 3.8) is 0 Å². The number of methoxy groups -OCH3 is 1. The molecule has 0 bridgehead atoms. The fourth-order valence-electron chi connectivity index (χ4n) is 1.08. The largest absolute Gasteiger partial charge is 0.504 e. The molecule has 0 unspecified atom stereocenters. The quantitative estimate of drug-likeness (QED) is 0.665. The first-order chi connectivity index (χ1) is 5.69. The summed E-state index contributed by atoms with van der Waals surface area (Å²) in [5.74, 6) is 0.819. The highest BCUT2D eigenvalue weighted by atomic mass is 127. The number of halogens is 1. The van der Waals surface area contributed by atoms with E-state index in [4.69, 9.17) is 4.74 Å². The van der Waals surface area contributed by atoms with Crippen molar-refractivity contribution in [2.24, 2.45) is 0 Å². The molecule has 1 aromatic carbocycles. The van der Waals surface area contributed by atoms with Crippen LogP contribution in [0.3, 0.4) is 0 Å². The van der Waals surface area contributed by atoms with E-state index >= 15 is 0 Å². The molecule has 0 aliphatic rings. The summed E-state index contributed by atoms with van der Waals surface area (Å²) in [5, 5.41) is 9.58. The second kappa shape index (κ2) is 3.98. The molecule has 3 heteroatoms. The van der Waals surface area contributed by atoms with Crippen molar-refractivity contribution < 1.29 is 9.84 Å². The molecule has 2 nitrogen and oxygen atoms in total. The number of rotatable bonds is 2. The summed E-state index contributed by atoms with van der Waals surface area (Å²) < 4.78 is 5.81.